The van der Waals surface area contributed by atoms with Crippen LogP contribution in [0, 0.1) is 5.41 Å². The van der Waals surface area contributed by atoms with Crippen molar-refractivity contribution in [2.24, 2.45) is 11.1 Å². The van der Waals surface area contributed by atoms with Crippen LogP contribution in [0.4, 0.5) is 20.1 Å². The first-order chi connectivity index (χ1) is 46.9. The number of Topliss-reactive ketones (excluding diaryl/α,β-unsaturated/α-hetero) is 1. The van der Waals surface area contributed by atoms with Gasteiger partial charge in [-0.1, -0.05) is 30.7 Å². The van der Waals surface area contributed by atoms with Gasteiger partial charge in [0.2, 0.25) is 29.3 Å². The lowest BCUT2D eigenvalue weighted by Gasteiger charge is -2.43. The van der Waals surface area contributed by atoms with Crippen molar-refractivity contribution in [1.82, 2.24) is 35.6 Å². The molecule has 0 radical (unpaired) electrons. The summed E-state index contributed by atoms with van der Waals surface area (Å²) in [6.07, 6.45) is -1.53. The highest BCUT2D eigenvalue weighted by atomic mass is 16.7. The van der Waals surface area contributed by atoms with Gasteiger partial charge in [-0.25, -0.2) is 14.4 Å². The molecule has 3 aliphatic carbocycles. The molecule has 0 unspecified atom stereocenters. The van der Waals surface area contributed by atoms with E-state index in [4.69, 9.17) is 43.6 Å². The van der Waals surface area contributed by atoms with E-state index in [0.29, 0.717) is 62.9 Å². The lowest BCUT2D eigenvalue weighted by molar-refractivity contribution is -0.256. The number of unbranched alkanes of at least 4 members (excludes halogenated alkanes) is 3. The maximum absolute atomic E-state index is 14.3. The van der Waals surface area contributed by atoms with Crippen LogP contribution in [-0.2, 0) is 75.0 Å². The van der Waals surface area contributed by atoms with Crippen molar-refractivity contribution in [1.29, 1.82) is 0 Å². The number of aliphatic hydroxyl groups is 1. The molecule has 3 aromatic carbocycles. The Bertz CT molecular complexity index is 3620. The molecule has 7 aliphatic rings. The number of phenols is 2. The number of likely N-dealkylation sites (N-methyl/N-ethyl adjacent to an activating group) is 2. The molecular weight excluding hydrogens is 1280 g/mol. The third-order valence-corrected chi connectivity index (χ3v) is 19.2. The van der Waals surface area contributed by atoms with Crippen molar-refractivity contribution in [3.8, 4) is 17.2 Å². The van der Waals surface area contributed by atoms with E-state index >= 15 is 0 Å². The van der Waals surface area contributed by atoms with Crippen LogP contribution in [0.2, 0.25) is 0 Å². The highest BCUT2D eigenvalue weighted by Crippen LogP contribution is 2.53. The molecule has 1 saturated carbocycles. The third-order valence-electron chi connectivity index (χ3n) is 19.2. The summed E-state index contributed by atoms with van der Waals surface area (Å²) in [5, 5.41) is 47.7. The molecule has 10 rings (SSSR count). The van der Waals surface area contributed by atoms with Gasteiger partial charge in [-0.15, -0.1) is 0 Å². The molecule has 3 aromatic rings. The van der Waals surface area contributed by atoms with Crippen molar-refractivity contribution in [2.75, 3.05) is 86.1 Å². The number of carbonyl (C=O) groups excluding carboxylic acids is 11. The minimum atomic E-state index is -2.49. The number of urea groups is 1. The van der Waals surface area contributed by atoms with Gasteiger partial charge in [0.25, 0.3) is 11.8 Å². The topological polar surface area (TPSA) is 409 Å². The SMILES string of the molecule is COc1cccc2c1C(=O)c1c(O)c3c(c(O)c1C2=O)C[C@@](O)(C(=O)COC(=O)N(C)CCN(C)C(=O)OCc1ccc(NC(=O)[C@H](CCCCNC(N)=O)NC(=O)C2(C(=O)NCCCCCN4C(=O)C=CC4=O)CCC2)cc1)C[C@@H]3O[C@H]1C[C@H]2[C@H](O[C@@H]3[C@@H](OC)OCCN32)[C@H](C)O1. The van der Waals surface area contributed by atoms with E-state index in [1.54, 1.807) is 31.2 Å². The van der Waals surface area contributed by atoms with E-state index in [1.165, 1.54) is 63.6 Å². The Kier molecular flexibility index (Phi) is 22.5. The van der Waals surface area contributed by atoms with Crippen molar-refractivity contribution in [3.05, 3.63) is 93.6 Å². The van der Waals surface area contributed by atoms with Crippen molar-refractivity contribution >= 4 is 70.8 Å². The van der Waals surface area contributed by atoms with Crippen LogP contribution in [0.3, 0.4) is 0 Å². The standard InChI is InChI=1S/C67H83N9O22/c1-36-57-42(75-29-30-93-60(92-5)59(75)98-57)31-48(96-36)97-44-33-67(90,32-40-50(44)56(83)52-51(54(40)81)53(80)39-13-11-15-43(91-4)49(39)55(52)82)45(77)35-95-65(89)74(3)28-27-73(2)64(88)94-34-37-16-18-38(19-17-37)71-58(84)41(14-7-9-25-70-63(68)87)72-62(86)66(22-12-23-66)61(85)69-24-8-6-10-26-76-46(78)20-21-47(76)79/h11,13,15-21,36,41-42,44,48,57,59-60,81,83,90H,6-10,12,14,22-35H2,1-5H3,(H,69,85)(H,71,84)(H,72,86)(H3,68,70,87)/t36-,41-,42-,44-,48-,57+,59+,60-,67-/m0/s1. The van der Waals surface area contributed by atoms with Crippen molar-refractivity contribution < 1.29 is 106 Å². The maximum atomic E-state index is 14.3. The Morgan fingerprint density at radius 1 is 0.806 bits per heavy atom. The number of primary amides is 1. The fourth-order valence-electron chi connectivity index (χ4n) is 13.5. The predicted molar refractivity (Wildman–Crippen MR) is 341 cm³/mol. The number of rotatable bonds is 28. The monoisotopic (exact) mass is 1370 g/mol. The number of imide groups is 1. The molecule has 0 bridgehead atoms. The quantitative estimate of drug-likeness (QED) is 0.0175. The second-order valence-corrected chi connectivity index (χ2v) is 25.5. The molecule has 98 heavy (non-hydrogen) atoms. The van der Waals surface area contributed by atoms with Crippen LogP contribution in [0.5, 0.6) is 17.2 Å². The molecule has 3 saturated heterocycles. The van der Waals surface area contributed by atoms with E-state index in [-0.39, 0.29) is 111 Å². The van der Waals surface area contributed by atoms with Crippen LogP contribution in [-0.4, -0.2) is 230 Å². The number of phenolic OH excluding ortho intramolecular Hbond substituents is 2. The molecule has 4 fully saturated rings. The van der Waals surface area contributed by atoms with Crippen LogP contribution in [0.15, 0.2) is 54.6 Å². The van der Waals surface area contributed by atoms with E-state index in [2.05, 4.69) is 26.2 Å². The minimum absolute atomic E-state index is 0.0453. The number of methoxy groups -OCH3 is 2. The summed E-state index contributed by atoms with van der Waals surface area (Å²) in [4.78, 5) is 151. The number of anilines is 1. The minimum Gasteiger partial charge on any atom is -0.507 e. The van der Waals surface area contributed by atoms with Crippen molar-refractivity contribution in [3.63, 3.8) is 0 Å². The zero-order chi connectivity index (χ0) is 70.3. The van der Waals surface area contributed by atoms with Gasteiger partial charge in [0.15, 0.2) is 31.2 Å². The number of nitrogens with zero attached hydrogens (tertiary/aromatic N) is 4. The summed E-state index contributed by atoms with van der Waals surface area (Å²) >= 11 is 0. The number of hydrogen-bond acceptors (Lipinski definition) is 23. The van der Waals surface area contributed by atoms with Gasteiger partial charge >= 0.3 is 18.2 Å². The lowest BCUT2D eigenvalue weighted by Crippen LogP contribution is -2.58. The fourth-order valence-corrected chi connectivity index (χ4v) is 13.5. The van der Waals surface area contributed by atoms with Gasteiger partial charge in [-0.3, -0.25) is 48.2 Å². The largest absolute Gasteiger partial charge is 0.507 e. The Morgan fingerprint density at radius 3 is 2.16 bits per heavy atom. The zero-order valence-corrected chi connectivity index (χ0v) is 55.1. The predicted octanol–water partition coefficient (Wildman–Crippen LogP) is 2.70. The van der Waals surface area contributed by atoms with E-state index in [1.807, 2.05) is 0 Å². The van der Waals surface area contributed by atoms with Gasteiger partial charge < -0.3 is 90.0 Å². The lowest BCUT2D eigenvalue weighted by atomic mass is 9.67. The Labute approximate surface area is 563 Å². The average molecular weight is 1370 g/mol. The number of nitrogens with one attached hydrogen (secondary N) is 4. The van der Waals surface area contributed by atoms with E-state index in [9.17, 15) is 68.1 Å². The second-order valence-electron chi connectivity index (χ2n) is 25.5. The first-order valence-corrected chi connectivity index (χ1v) is 32.7. The average Bonchev–Trinajstić information content (AvgIpc) is 0.932. The number of carbonyl (C=O) groups is 11. The molecule has 0 spiro atoms. The molecule has 528 valence electrons. The number of aromatic hydroxyl groups is 2. The Morgan fingerprint density at radius 2 is 1.49 bits per heavy atom. The summed E-state index contributed by atoms with van der Waals surface area (Å²) in [6.45, 7) is 1.94. The maximum Gasteiger partial charge on any atom is 0.409 e. The molecule has 9 N–H and O–H groups in total. The van der Waals surface area contributed by atoms with Crippen LogP contribution in [0.1, 0.15) is 132 Å². The van der Waals surface area contributed by atoms with Gasteiger partial charge in [0.05, 0.1) is 42.6 Å². The van der Waals surface area contributed by atoms with E-state index < -0.39 is 150 Å². The summed E-state index contributed by atoms with van der Waals surface area (Å²) in [5.41, 5.74) is 0.411. The van der Waals surface area contributed by atoms with Gasteiger partial charge in [-0.2, -0.15) is 0 Å². The molecule has 9 atom stereocenters. The highest BCUT2D eigenvalue weighted by molar-refractivity contribution is 6.31. The molecule has 4 heterocycles. The molecule has 4 aliphatic heterocycles. The first-order valence-electron chi connectivity index (χ1n) is 32.7. The number of ether oxygens (including phenoxy) is 8. The molecule has 31 nitrogen and oxygen atoms in total. The molecule has 0 aromatic heterocycles. The number of amides is 9. The van der Waals surface area contributed by atoms with Crippen LogP contribution >= 0.6 is 0 Å². The zero-order valence-electron chi connectivity index (χ0n) is 55.1. The number of ketones is 3. The summed E-state index contributed by atoms with van der Waals surface area (Å²) in [6, 6.07) is 8.56. The number of benzene rings is 3. The highest BCUT2D eigenvalue weighted by Gasteiger charge is 2.56. The van der Waals surface area contributed by atoms with Crippen LogP contribution < -0.4 is 31.7 Å². The first kappa shape index (κ1) is 71.7. The normalized spacial score (nSPS) is 23.7. The van der Waals surface area contributed by atoms with Gasteiger partial charge in [0.1, 0.15) is 47.0 Å². The fraction of sp³-hybridized carbons (Fsp3) is 0.537. The number of hydrogen-bond donors (Lipinski definition) is 8. The third kappa shape index (κ3) is 15.1. The number of morpholine rings is 1. The van der Waals surface area contributed by atoms with Crippen molar-refractivity contribution in [2.45, 2.75) is 145 Å². The Balaban J connectivity index is 0.718. The smallest absolute Gasteiger partial charge is 0.409 e. The molecule has 31 heteroatoms. The number of nitrogens with two attached hydrogens (primary N) is 1. The second kappa shape index (κ2) is 30.8. The molecular formula is C67H83N9O22. The van der Waals surface area contributed by atoms with Gasteiger partial charge in [-0.05, 0) is 82.1 Å². The number of fused-ring (bicyclic) bond motifs is 6. The van der Waals surface area contributed by atoms with E-state index in [0.717, 1.165) is 9.80 Å². The summed E-state index contributed by atoms with van der Waals surface area (Å²) in [5.74, 6) is -6.53. The van der Waals surface area contributed by atoms with Gasteiger partial charge in [0, 0.05) is 120 Å². The van der Waals surface area contributed by atoms with Crippen LogP contribution in [0.25, 0.3) is 0 Å². The Hall–Kier alpha value is -9.11. The molecule has 9 amide bonds. The summed E-state index contributed by atoms with van der Waals surface area (Å²) < 4.78 is 47.0. The summed E-state index contributed by atoms with van der Waals surface area (Å²) in [7, 11) is 5.59.